The minimum atomic E-state index is 0.576. The number of hydrogen-bond acceptors (Lipinski definition) is 3. The molecule has 1 aromatic heterocycles. The van der Waals surface area contributed by atoms with Crippen LogP contribution < -0.4 is 5.32 Å². The minimum Gasteiger partial charge on any atom is -0.316 e. The SMILES string of the molecule is CCC(CN(C)Cc1cnn(C)c1)NC. The standard InChI is InChI=1S/C11H22N4/c1-5-11(12-2)9-14(3)7-10-6-13-15(4)8-10/h6,8,11-12H,5,7,9H2,1-4H3. The van der Waals surface area contributed by atoms with Gasteiger partial charge in [0.05, 0.1) is 6.20 Å². The molecular weight excluding hydrogens is 188 g/mol. The third-order valence-corrected chi connectivity index (χ3v) is 2.64. The lowest BCUT2D eigenvalue weighted by molar-refractivity contribution is 0.284. The summed E-state index contributed by atoms with van der Waals surface area (Å²) >= 11 is 0. The summed E-state index contributed by atoms with van der Waals surface area (Å²) in [5, 5.41) is 7.47. The van der Waals surface area contributed by atoms with Crippen LogP contribution in [0, 0.1) is 0 Å². The van der Waals surface area contributed by atoms with Gasteiger partial charge in [-0.1, -0.05) is 6.92 Å². The molecule has 0 aliphatic rings. The average molecular weight is 210 g/mol. The van der Waals surface area contributed by atoms with Crippen molar-refractivity contribution in [3.8, 4) is 0 Å². The van der Waals surface area contributed by atoms with Gasteiger partial charge in [0.1, 0.15) is 0 Å². The van der Waals surface area contributed by atoms with E-state index in [9.17, 15) is 0 Å². The number of nitrogens with one attached hydrogen (secondary N) is 1. The molecule has 0 aliphatic carbocycles. The summed E-state index contributed by atoms with van der Waals surface area (Å²) in [6.07, 6.45) is 5.15. The molecule has 1 atom stereocenters. The van der Waals surface area contributed by atoms with E-state index in [2.05, 4.69) is 35.5 Å². The van der Waals surface area contributed by atoms with Crippen molar-refractivity contribution in [3.63, 3.8) is 0 Å². The third kappa shape index (κ3) is 4.01. The van der Waals surface area contributed by atoms with Crippen molar-refractivity contribution in [3.05, 3.63) is 18.0 Å². The maximum Gasteiger partial charge on any atom is 0.0534 e. The smallest absolute Gasteiger partial charge is 0.0534 e. The Kier molecular flexibility index (Phi) is 4.78. The van der Waals surface area contributed by atoms with Crippen molar-refractivity contribution >= 4 is 0 Å². The van der Waals surface area contributed by atoms with Crippen LogP contribution in [-0.2, 0) is 13.6 Å². The Morgan fingerprint density at radius 1 is 1.60 bits per heavy atom. The van der Waals surface area contributed by atoms with Gasteiger partial charge in [-0.3, -0.25) is 4.68 Å². The van der Waals surface area contributed by atoms with Crippen LogP contribution in [0.2, 0.25) is 0 Å². The largest absolute Gasteiger partial charge is 0.316 e. The summed E-state index contributed by atoms with van der Waals surface area (Å²) in [6, 6.07) is 0.576. The fraction of sp³-hybridized carbons (Fsp3) is 0.727. The summed E-state index contributed by atoms with van der Waals surface area (Å²) in [5.74, 6) is 0. The van der Waals surface area contributed by atoms with Gasteiger partial charge in [0.2, 0.25) is 0 Å². The Morgan fingerprint density at radius 3 is 2.80 bits per heavy atom. The zero-order valence-corrected chi connectivity index (χ0v) is 10.2. The number of aryl methyl sites for hydroxylation is 1. The van der Waals surface area contributed by atoms with Crippen LogP contribution >= 0.6 is 0 Å². The lowest BCUT2D eigenvalue weighted by atomic mass is 10.2. The molecule has 4 heteroatoms. The molecule has 15 heavy (non-hydrogen) atoms. The zero-order valence-electron chi connectivity index (χ0n) is 10.2. The van der Waals surface area contributed by atoms with E-state index in [4.69, 9.17) is 0 Å². The molecule has 1 N–H and O–H groups in total. The highest BCUT2D eigenvalue weighted by molar-refractivity contribution is 5.03. The summed E-state index contributed by atoms with van der Waals surface area (Å²) in [4.78, 5) is 2.32. The Bertz CT molecular complexity index is 278. The first-order chi connectivity index (χ1) is 7.15. The van der Waals surface area contributed by atoms with Crippen LogP contribution in [0.4, 0.5) is 0 Å². The predicted molar refractivity (Wildman–Crippen MR) is 62.7 cm³/mol. The summed E-state index contributed by atoms with van der Waals surface area (Å²) in [7, 11) is 6.12. The maximum atomic E-state index is 4.16. The molecular formula is C11H22N4. The lowest BCUT2D eigenvalue weighted by Gasteiger charge is -2.22. The third-order valence-electron chi connectivity index (χ3n) is 2.64. The molecule has 1 rings (SSSR count). The van der Waals surface area contributed by atoms with E-state index >= 15 is 0 Å². The molecule has 4 nitrogen and oxygen atoms in total. The first kappa shape index (κ1) is 12.2. The van der Waals surface area contributed by atoms with Gasteiger partial charge in [-0.15, -0.1) is 0 Å². The van der Waals surface area contributed by atoms with Gasteiger partial charge in [0.15, 0.2) is 0 Å². The molecule has 0 aliphatic heterocycles. The van der Waals surface area contributed by atoms with Crippen LogP contribution in [0.25, 0.3) is 0 Å². The number of hydrogen-bond donors (Lipinski definition) is 1. The van der Waals surface area contributed by atoms with Gasteiger partial charge in [-0.2, -0.15) is 5.10 Å². The van der Waals surface area contributed by atoms with Crippen molar-refractivity contribution < 1.29 is 0 Å². The van der Waals surface area contributed by atoms with Crippen molar-refractivity contribution in [2.24, 2.45) is 7.05 Å². The molecule has 0 radical (unpaired) electrons. The van der Waals surface area contributed by atoms with Gasteiger partial charge >= 0.3 is 0 Å². The normalized spacial score (nSPS) is 13.4. The molecule has 1 aromatic rings. The van der Waals surface area contributed by atoms with E-state index in [1.165, 1.54) is 5.56 Å². The highest BCUT2D eigenvalue weighted by Gasteiger charge is 2.08. The highest BCUT2D eigenvalue weighted by Crippen LogP contribution is 2.02. The molecule has 0 aromatic carbocycles. The maximum absolute atomic E-state index is 4.16. The highest BCUT2D eigenvalue weighted by atomic mass is 15.2. The molecule has 86 valence electrons. The Hall–Kier alpha value is -0.870. The first-order valence-electron chi connectivity index (χ1n) is 5.49. The average Bonchev–Trinajstić information content (AvgIpc) is 2.60. The van der Waals surface area contributed by atoms with Crippen molar-refractivity contribution in [1.82, 2.24) is 20.0 Å². The van der Waals surface area contributed by atoms with Gasteiger partial charge < -0.3 is 10.2 Å². The Labute approximate surface area is 92.3 Å². The second-order valence-electron chi connectivity index (χ2n) is 4.11. The van der Waals surface area contributed by atoms with E-state index in [1.54, 1.807) is 0 Å². The zero-order chi connectivity index (χ0) is 11.3. The van der Waals surface area contributed by atoms with Crippen molar-refractivity contribution in [2.45, 2.75) is 25.9 Å². The predicted octanol–water partition coefficient (Wildman–Crippen LogP) is 0.850. The second-order valence-corrected chi connectivity index (χ2v) is 4.11. The van der Waals surface area contributed by atoms with E-state index in [-0.39, 0.29) is 0 Å². The van der Waals surface area contributed by atoms with Crippen LogP contribution in [0.5, 0.6) is 0 Å². The second kappa shape index (κ2) is 5.88. The number of nitrogens with zero attached hydrogens (tertiary/aromatic N) is 3. The molecule has 0 amide bonds. The fourth-order valence-corrected chi connectivity index (χ4v) is 1.73. The molecule has 0 saturated heterocycles. The molecule has 1 unspecified atom stereocenters. The number of aromatic nitrogens is 2. The molecule has 0 spiro atoms. The molecule has 0 bridgehead atoms. The monoisotopic (exact) mass is 210 g/mol. The van der Waals surface area contributed by atoms with Crippen LogP contribution in [0.1, 0.15) is 18.9 Å². The van der Waals surface area contributed by atoms with Gasteiger partial charge in [-0.25, -0.2) is 0 Å². The number of likely N-dealkylation sites (N-methyl/N-ethyl adjacent to an activating group) is 2. The summed E-state index contributed by atoms with van der Waals surface area (Å²) in [5.41, 5.74) is 1.27. The van der Waals surface area contributed by atoms with Gasteiger partial charge in [-0.05, 0) is 20.5 Å². The summed E-state index contributed by atoms with van der Waals surface area (Å²) < 4.78 is 1.85. The van der Waals surface area contributed by atoms with E-state index < -0.39 is 0 Å². The van der Waals surface area contributed by atoms with Gasteiger partial charge in [0.25, 0.3) is 0 Å². The van der Waals surface area contributed by atoms with Crippen molar-refractivity contribution in [2.75, 3.05) is 20.6 Å². The van der Waals surface area contributed by atoms with Crippen molar-refractivity contribution in [1.29, 1.82) is 0 Å². The van der Waals surface area contributed by atoms with Crippen LogP contribution in [0.3, 0.4) is 0 Å². The Morgan fingerprint density at radius 2 is 2.33 bits per heavy atom. The summed E-state index contributed by atoms with van der Waals surface area (Å²) in [6.45, 7) is 4.24. The van der Waals surface area contributed by atoms with E-state index in [0.29, 0.717) is 6.04 Å². The van der Waals surface area contributed by atoms with E-state index in [1.807, 2.05) is 25.0 Å². The molecule has 0 saturated carbocycles. The minimum absolute atomic E-state index is 0.576. The topological polar surface area (TPSA) is 33.1 Å². The van der Waals surface area contributed by atoms with Gasteiger partial charge in [0, 0.05) is 37.9 Å². The molecule has 1 heterocycles. The quantitative estimate of drug-likeness (QED) is 0.755. The number of rotatable bonds is 6. The fourth-order valence-electron chi connectivity index (χ4n) is 1.73. The lowest BCUT2D eigenvalue weighted by Crippen LogP contribution is -2.36. The van der Waals surface area contributed by atoms with E-state index in [0.717, 1.165) is 19.5 Å². The Balaban J connectivity index is 2.38. The molecule has 0 fully saturated rings. The first-order valence-corrected chi connectivity index (χ1v) is 5.49. The van der Waals surface area contributed by atoms with Crippen LogP contribution in [0.15, 0.2) is 12.4 Å². The van der Waals surface area contributed by atoms with Crippen LogP contribution in [-0.4, -0.2) is 41.4 Å².